The summed E-state index contributed by atoms with van der Waals surface area (Å²) in [6.45, 7) is 4.54. The van der Waals surface area contributed by atoms with E-state index in [2.05, 4.69) is 25.2 Å². The molecule has 1 aliphatic rings. The first-order chi connectivity index (χ1) is 7.63. The smallest absolute Gasteiger partial charge is 0.251 e. The third kappa shape index (κ3) is 2.11. The number of hydrogen-bond donors (Lipinski definition) is 1. The average molecular weight is 217 g/mol. The second-order valence-corrected chi connectivity index (χ2v) is 4.95. The lowest BCUT2D eigenvalue weighted by molar-refractivity contribution is 0.0963. The number of hydrogen-bond acceptors (Lipinski definition) is 1. The molecule has 2 rings (SSSR count). The van der Waals surface area contributed by atoms with Crippen LogP contribution in [0.1, 0.15) is 42.1 Å². The molecule has 0 radical (unpaired) electrons. The maximum Gasteiger partial charge on any atom is 0.251 e. The summed E-state index contributed by atoms with van der Waals surface area (Å²) in [5, 5.41) is 2.66. The molecule has 0 aliphatic heterocycles. The topological polar surface area (TPSA) is 29.1 Å². The van der Waals surface area contributed by atoms with E-state index in [0.29, 0.717) is 5.92 Å². The van der Waals surface area contributed by atoms with Crippen LogP contribution in [-0.4, -0.2) is 13.0 Å². The molecule has 1 amide bonds. The molecule has 0 spiro atoms. The molecule has 0 aromatic heterocycles. The van der Waals surface area contributed by atoms with Gasteiger partial charge in [-0.1, -0.05) is 26.0 Å². The fourth-order valence-corrected chi connectivity index (χ4v) is 2.39. The summed E-state index contributed by atoms with van der Waals surface area (Å²) < 4.78 is 0. The van der Waals surface area contributed by atoms with Crippen molar-refractivity contribution in [3.8, 4) is 0 Å². The summed E-state index contributed by atoms with van der Waals surface area (Å²) in [5.74, 6) is 2.22. The standard InChI is InChI=1S/C14H19NO/c1-9(2)12-8-13(12)10-5-4-6-11(7-10)14(16)15-3/h4-7,9,12-13H,8H2,1-3H3,(H,15,16)/t12-,13-/m1/s1. The van der Waals surface area contributed by atoms with Gasteiger partial charge in [0.2, 0.25) is 0 Å². The molecule has 1 N–H and O–H groups in total. The Morgan fingerprint density at radius 3 is 2.75 bits per heavy atom. The van der Waals surface area contributed by atoms with Crippen molar-refractivity contribution in [3.05, 3.63) is 35.4 Å². The van der Waals surface area contributed by atoms with Gasteiger partial charge in [0.1, 0.15) is 0 Å². The van der Waals surface area contributed by atoms with Gasteiger partial charge in [0, 0.05) is 12.6 Å². The Morgan fingerprint density at radius 2 is 2.19 bits per heavy atom. The fraction of sp³-hybridized carbons (Fsp3) is 0.500. The Bertz CT molecular complexity index is 397. The quantitative estimate of drug-likeness (QED) is 0.828. The van der Waals surface area contributed by atoms with Gasteiger partial charge in [-0.3, -0.25) is 4.79 Å². The van der Waals surface area contributed by atoms with E-state index in [1.165, 1.54) is 12.0 Å². The minimum absolute atomic E-state index is 0.00333. The maximum absolute atomic E-state index is 11.5. The molecule has 2 atom stereocenters. The van der Waals surface area contributed by atoms with E-state index in [4.69, 9.17) is 0 Å². The Morgan fingerprint density at radius 1 is 1.44 bits per heavy atom. The number of carbonyl (C=O) groups excluding carboxylic acids is 1. The van der Waals surface area contributed by atoms with Crippen LogP contribution >= 0.6 is 0 Å². The highest BCUT2D eigenvalue weighted by molar-refractivity contribution is 5.94. The van der Waals surface area contributed by atoms with Crippen molar-refractivity contribution in [1.82, 2.24) is 5.32 Å². The van der Waals surface area contributed by atoms with Crippen LogP contribution in [0.3, 0.4) is 0 Å². The highest BCUT2D eigenvalue weighted by Gasteiger charge is 2.40. The van der Waals surface area contributed by atoms with Gasteiger partial charge in [0.15, 0.2) is 0 Å². The predicted molar refractivity (Wildman–Crippen MR) is 65.5 cm³/mol. The van der Waals surface area contributed by atoms with Gasteiger partial charge in [-0.05, 0) is 41.9 Å². The van der Waals surface area contributed by atoms with Crippen LogP contribution in [0.15, 0.2) is 24.3 Å². The molecular weight excluding hydrogens is 198 g/mol. The zero-order chi connectivity index (χ0) is 11.7. The molecule has 1 aromatic rings. The van der Waals surface area contributed by atoms with Crippen LogP contribution in [0.25, 0.3) is 0 Å². The molecule has 0 bridgehead atoms. The molecular formula is C14H19NO. The summed E-state index contributed by atoms with van der Waals surface area (Å²) >= 11 is 0. The summed E-state index contributed by atoms with van der Waals surface area (Å²) in [6, 6.07) is 8.02. The molecule has 0 unspecified atom stereocenters. The van der Waals surface area contributed by atoms with Crippen molar-refractivity contribution in [2.75, 3.05) is 7.05 Å². The Balaban J connectivity index is 2.15. The first kappa shape index (κ1) is 11.2. The second kappa shape index (κ2) is 4.28. The largest absolute Gasteiger partial charge is 0.355 e. The Hall–Kier alpha value is -1.31. The van der Waals surface area contributed by atoms with Crippen LogP contribution in [0.5, 0.6) is 0 Å². The number of carbonyl (C=O) groups is 1. The van der Waals surface area contributed by atoms with Crippen molar-refractivity contribution in [2.24, 2.45) is 11.8 Å². The zero-order valence-corrected chi connectivity index (χ0v) is 10.2. The molecule has 1 fully saturated rings. The van der Waals surface area contributed by atoms with E-state index in [9.17, 15) is 4.79 Å². The zero-order valence-electron chi connectivity index (χ0n) is 10.2. The van der Waals surface area contributed by atoms with Crippen LogP contribution < -0.4 is 5.32 Å². The number of benzene rings is 1. The van der Waals surface area contributed by atoms with Gasteiger partial charge in [0.25, 0.3) is 5.91 Å². The fourth-order valence-electron chi connectivity index (χ4n) is 2.39. The van der Waals surface area contributed by atoms with Gasteiger partial charge in [-0.2, -0.15) is 0 Å². The molecule has 16 heavy (non-hydrogen) atoms. The van der Waals surface area contributed by atoms with Crippen molar-refractivity contribution < 1.29 is 4.79 Å². The average Bonchev–Trinajstić information content (AvgIpc) is 3.08. The Labute approximate surface area is 97.1 Å². The summed E-state index contributed by atoms with van der Waals surface area (Å²) in [6.07, 6.45) is 1.27. The predicted octanol–water partition coefficient (Wildman–Crippen LogP) is 2.81. The second-order valence-electron chi connectivity index (χ2n) is 4.95. The monoisotopic (exact) mass is 217 g/mol. The maximum atomic E-state index is 11.5. The SMILES string of the molecule is CNC(=O)c1cccc([C@H]2C[C@@H]2C(C)C)c1. The van der Waals surface area contributed by atoms with E-state index >= 15 is 0 Å². The van der Waals surface area contributed by atoms with Crippen LogP contribution in [0, 0.1) is 11.8 Å². The minimum atomic E-state index is 0.00333. The molecule has 1 aliphatic carbocycles. The van der Waals surface area contributed by atoms with E-state index in [1.54, 1.807) is 7.05 Å². The van der Waals surface area contributed by atoms with Crippen LogP contribution in [-0.2, 0) is 0 Å². The summed E-state index contributed by atoms with van der Waals surface area (Å²) in [7, 11) is 1.67. The lowest BCUT2D eigenvalue weighted by atomic mass is 10.0. The van der Waals surface area contributed by atoms with E-state index in [0.717, 1.165) is 17.4 Å². The van der Waals surface area contributed by atoms with Gasteiger partial charge in [-0.25, -0.2) is 0 Å². The van der Waals surface area contributed by atoms with Gasteiger partial charge >= 0.3 is 0 Å². The highest BCUT2D eigenvalue weighted by atomic mass is 16.1. The molecule has 2 heteroatoms. The molecule has 1 aromatic carbocycles. The number of nitrogens with one attached hydrogen (secondary N) is 1. The van der Waals surface area contributed by atoms with Gasteiger partial charge in [0.05, 0.1) is 0 Å². The minimum Gasteiger partial charge on any atom is -0.355 e. The number of rotatable bonds is 3. The number of amides is 1. The van der Waals surface area contributed by atoms with E-state index in [-0.39, 0.29) is 5.91 Å². The molecule has 0 saturated heterocycles. The first-order valence-corrected chi connectivity index (χ1v) is 5.95. The molecule has 2 nitrogen and oxygen atoms in total. The van der Waals surface area contributed by atoms with E-state index in [1.807, 2.05) is 18.2 Å². The summed E-state index contributed by atoms with van der Waals surface area (Å²) in [5.41, 5.74) is 2.09. The first-order valence-electron chi connectivity index (χ1n) is 5.95. The molecule has 86 valence electrons. The lowest BCUT2D eigenvalue weighted by Crippen LogP contribution is -2.17. The van der Waals surface area contributed by atoms with Crippen molar-refractivity contribution >= 4 is 5.91 Å². The molecule has 0 heterocycles. The molecule has 1 saturated carbocycles. The lowest BCUT2D eigenvalue weighted by Gasteiger charge is -2.05. The highest BCUT2D eigenvalue weighted by Crippen LogP contribution is 2.51. The van der Waals surface area contributed by atoms with Gasteiger partial charge < -0.3 is 5.32 Å². The van der Waals surface area contributed by atoms with Crippen LogP contribution in [0.2, 0.25) is 0 Å². The van der Waals surface area contributed by atoms with Gasteiger partial charge in [-0.15, -0.1) is 0 Å². The van der Waals surface area contributed by atoms with Crippen molar-refractivity contribution in [3.63, 3.8) is 0 Å². The van der Waals surface area contributed by atoms with Crippen molar-refractivity contribution in [1.29, 1.82) is 0 Å². The van der Waals surface area contributed by atoms with Crippen LogP contribution in [0.4, 0.5) is 0 Å². The normalized spacial score (nSPS) is 23.2. The third-order valence-corrected chi connectivity index (χ3v) is 3.50. The van der Waals surface area contributed by atoms with Crippen molar-refractivity contribution in [2.45, 2.75) is 26.2 Å². The third-order valence-electron chi connectivity index (χ3n) is 3.50. The Kier molecular flexibility index (Phi) is 2.99. The van der Waals surface area contributed by atoms with E-state index < -0.39 is 0 Å². The summed E-state index contributed by atoms with van der Waals surface area (Å²) in [4.78, 5) is 11.5.